The summed E-state index contributed by atoms with van der Waals surface area (Å²) < 4.78 is 0. The number of hydrogen-bond acceptors (Lipinski definition) is 1. The summed E-state index contributed by atoms with van der Waals surface area (Å²) >= 11 is 0. The lowest BCUT2D eigenvalue weighted by molar-refractivity contribution is 0.676. The Bertz CT molecular complexity index is 105. The van der Waals surface area contributed by atoms with E-state index in [0.717, 1.165) is 18.4 Å². The van der Waals surface area contributed by atoms with Gasteiger partial charge in [0.25, 0.3) is 0 Å². The van der Waals surface area contributed by atoms with Crippen molar-refractivity contribution in [3.05, 3.63) is 24.8 Å². The monoisotopic (exact) mass is 125 g/mol. The van der Waals surface area contributed by atoms with E-state index >= 15 is 0 Å². The van der Waals surface area contributed by atoms with Crippen LogP contribution in [0.2, 0.25) is 0 Å². The minimum Gasteiger partial charge on any atom is -0.327 e. The van der Waals surface area contributed by atoms with E-state index in [4.69, 9.17) is 5.73 Å². The van der Waals surface area contributed by atoms with E-state index in [-0.39, 0.29) is 6.04 Å². The molecule has 2 N–H and O–H groups in total. The summed E-state index contributed by atoms with van der Waals surface area (Å²) in [6.07, 6.45) is 3.63. The average Bonchev–Trinajstić information content (AvgIpc) is 1.63. The van der Waals surface area contributed by atoms with Crippen molar-refractivity contribution < 1.29 is 0 Å². The van der Waals surface area contributed by atoms with E-state index in [2.05, 4.69) is 13.2 Å². The van der Waals surface area contributed by atoms with Crippen LogP contribution in [0.3, 0.4) is 0 Å². The second kappa shape index (κ2) is 4.33. The molecule has 0 radical (unpaired) electrons. The molecule has 0 saturated carbocycles. The van der Waals surface area contributed by atoms with Gasteiger partial charge >= 0.3 is 0 Å². The normalized spacial score (nSPS) is 12.7. The Morgan fingerprint density at radius 1 is 1.78 bits per heavy atom. The Morgan fingerprint density at radius 2 is 2.33 bits per heavy atom. The highest BCUT2D eigenvalue weighted by atomic mass is 14.6. The van der Waals surface area contributed by atoms with Crippen LogP contribution in [-0.4, -0.2) is 6.04 Å². The molecular weight excluding hydrogens is 110 g/mol. The van der Waals surface area contributed by atoms with Crippen molar-refractivity contribution in [2.75, 3.05) is 0 Å². The highest BCUT2D eigenvalue weighted by molar-refractivity contribution is 4.93. The fraction of sp³-hybridized carbons (Fsp3) is 0.500. The third-order valence-electron chi connectivity index (χ3n) is 1.08. The maximum absolute atomic E-state index is 5.65. The van der Waals surface area contributed by atoms with E-state index in [0.29, 0.717) is 0 Å². The summed E-state index contributed by atoms with van der Waals surface area (Å²) in [5, 5.41) is 0. The van der Waals surface area contributed by atoms with Crippen molar-refractivity contribution >= 4 is 0 Å². The third-order valence-corrected chi connectivity index (χ3v) is 1.08. The summed E-state index contributed by atoms with van der Waals surface area (Å²) in [5.41, 5.74) is 6.80. The van der Waals surface area contributed by atoms with Crippen molar-refractivity contribution in [2.45, 2.75) is 25.8 Å². The first-order valence-electron chi connectivity index (χ1n) is 3.17. The van der Waals surface area contributed by atoms with Gasteiger partial charge in [-0.2, -0.15) is 0 Å². The third kappa shape index (κ3) is 5.31. The molecule has 9 heavy (non-hydrogen) atoms. The lowest BCUT2D eigenvalue weighted by Crippen LogP contribution is -2.18. The van der Waals surface area contributed by atoms with Crippen LogP contribution in [-0.2, 0) is 0 Å². The topological polar surface area (TPSA) is 26.0 Å². The quantitative estimate of drug-likeness (QED) is 0.570. The fourth-order valence-corrected chi connectivity index (χ4v) is 0.745. The molecule has 0 aromatic heterocycles. The van der Waals surface area contributed by atoms with Crippen LogP contribution in [0.25, 0.3) is 0 Å². The summed E-state index contributed by atoms with van der Waals surface area (Å²) in [6.45, 7) is 9.35. The highest BCUT2D eigenvalue weighted by Crippen LogP contribution is 2.02. The van der Waals surface area contributed by atoms with Crippen LogP contribution in [0.4, 0.5) is 0 Å². The second-order valence-electron chi connectivity index (χ2n) is 2.45. The molecule has 0 aliphatic carbocycles. The van der Waals surface area contributed by atoms with Crippen LogP contribution in [0, 0.1) is 0 Å². The van der Waals surface area contributed by atoms with Gasteiger partial charge in [0.1, 0.15) is 0 Å². The zero-order chi connectivity index (χ0) is 7.28. The minimum absolute atomic E-state index is 0.222. The van der Waals surface area contributed by atoms with Gasteiger partial charge in [0, 0.05) is 6.04 Å². The molecule has 0 fully saturated rings. The van der Waals surface area contributed by atoms with E-state index < -0.39 is 0 Å². The van der Waals surface area contributed by atoms with E-state index in [9.17, 15) is 0 Å². The van der Waals surface area contributed by atoms with Gasteiger partial charge in [0.05, 0.1) is 0 Å². The van der Waals surface area contributed by atoms with Crippen LogP contribution >= 0.6 is 0 Å². The number of hydrogen-bond donors (Lipinski definition) is 1. The maximum atomic E-state index is 5.65. The molecule has 0 aromatic rings. The molecule has 0 bridgehead atoms. The van der Waals surface area contributed by atoms with Crippen LogP contribution in [0.5, 0.6) is 0 Å². The van der Waals surface area contributed by atoms with Gasteiger partial charge in [0.15, 0.2) is 0 Å². The van der Waals surface area contributed by atoms with Gasteiger partial charge < -0.3 is 5.73 Å². The summed E-state index contributed by atoms with van der Waals surface area (Å²) in [4.78, 5) is 0. The van der Waals surface area contributed by atoms with E-state index in [1.54, 1.807) is 0 Å². The fourth-order valence-electron chi connectivity index (χ4n) is 0.745. The van der Waals surface area contributed by atoms with Crippen molar-refractivity contribution in [3.8, 4) is 0 Å². The van der Waals surface area contributed by atoms with Gasteiger partial charge in [0.2, 0.25) is 0 Å². The Morgan fingerprint density at radius 3 is 2.67 bits per heavy atom. The highest BCUT2D eigenvalue weighted by Gasteiger charge is 1.97. The summed E-state index contributed by atoms with van der Waals surface area (Å²) in [5.74, 6) is 0. The molecule has 52 valence electrons. The number of nitrogens with two attached hydrogens (primary N) is 1. The molecule has 0 aromatic carbocycles. The van der Waals surface area contributed by atoms with Crippen molar-refractivity contribution in [2.24, 2.45) is 5.73 Å². The first kappa shape index (κ1) is 8.44. The Kier molecular flexibility index (Phi) is 4.06. The van der Waals surface area contributed by atoms with Gasteiger partial charge in [-0.25, -0.2) is 0 Å². The molecule has 0 rings (SSSR count). The van der Waals surface area contributed by atoms with Crippen molar-refractivity contribution in [3.63, 3.8) is 0 Å². The SMILES string of the molecule is C=CCC(N)CC(=C)C. The van der Waals surface area contributed by atoms with Crippen molar-refractivity contribution in [1.82, 2.24) is 0 Å². The Balaban J connectivity index is 3.37. The van der Waals surface area contributed by atoms with Gasteiger partial charge in [-0.3, -0.25) is 0 Å². The lowest BCUT2D eigenvalue weighted by atomic mass is 10.1. The minimum atomic E-state index is 0.222. The van der Waals surface area contributed by atoms with Crippen LogP contribution < -0.4 is 5.73 Å². The first-order chi connectivity index (χ1) is 4.16. The standard InChI is InChI=1S/C8H15N/c1-4-5-8(9)6-7(2)3/h4,8H,1-2,5-6,9H2,3H3. The van der Waals surface area contributed by atoms with Gasteiger partial charge in [-0.1, -0.05) is 11.6 Å². The van der Waals surface area contributed by atoms with E-state index in [1.165, 1.54) is 0 Å². The van der Waals surface area contributed by atoms with Gasteiger partial charge in [-0.05, 0) is 19.8 Å². The molecule has 1 atom stereocenters. The molecular formula is C8H15N. The zero-order valence-electron chi connectivity index (χ0n) is 6.06. The second-order valence-corrected chi connectivity index (χ2v) is 2.45. The Hall–Kier alpha value is -0.560. The van der Waals surface area contributed by atoms with Crippen molar-refractivity contribution in [1.29, 1.82) is 0 Å². The molecule has 0 aliphatic heterocycles. The predicted octanol–water partition coefficient (Wildman–Crippen LogP) is 1.86. The molecule has 0 aliphatic rings. The molecule has 1 unspecified atom stereocenters. The molecule has 0 saturated heterocycles. The van der Waals surface area contributed by atoms with Crippen LogP contribution in [0.15, 0.2) is 24.8 Å². The molecule has 1 nitrogen and oxygen atoms in total. The Labute approximate surface area is 57.3 Å². The molecule has 0 heterocycles. The lowest BCUT2D eigenvalue weighted by Gasteiger charge is -2.06. The molecule has 1 heteroatoms. The zero-order valence-corrected chi connectivity index (χ0v) is 6.06. The van der Waals surface area contributed by atoms with Gasteiger partial charge in [-0.15, -0.1) is 13.2 Å². The maximum Gasteiger partial charge on any atom is 0.0110 e. The summed E-state index contributed by atoms with van der Waals surface area (Å²) in [7, 11) is 0. The smallest absolute Gasteiger partial charge is 0.0110 e. The van der Waals surface area contributed by atoms with E-state index in [1.807, 2.05) is 13.0 Å². The number of rotatable bonds is 4. The first-order valence-corrected chi connectivity index (χ1v) is 3.17. The average molecular weight is 125 g/mol. The summed E-state index contributed by atoms with van der Waals surface area (Å²) in [6, 6.07) is 0.222. The molecule has 0 amide bonds. The van der Waals surface area contributed by atoms with Crippen LogP contribution in [0.1, 0.15) is 19.8 Å². The largest absolute Gasteiger partial charge is 0.327 e. The molecule has 0 spiro atoms. The predicted molar refractivity (Wildman–Crippen MR) is 42.2 cm³/mol.